The fourth-order valence-electron chi connectivity index (χ4n) is 1.72. The molecule has 0 aliphatic heterocycles. The van der Waals surface area contributed by atoms with E-state index >= 15 is 0 Å². The monoisotopic (exact) mass is 248 g/mol. The Bertz CT molecular complexity index is 387. The Balaban J connectivity index is 2.31. The van der Waals surface area contributed by atoms with Crippen LogP contribution in [0.4, 0.5) is 5.69 Å². The van der Waals surface area contributed by atoms with Crippen LogP contribution in [0.3, 0.4) is 0 Å². The van der Waals surface area contributed by atoms with Crippen molar-refractivity contribution in [1.29, 1.82) is 0 Å². The Hall–Kier alpha value is -1.68. The van der Waals surface area contributed by atoms with Gasteiger partial charge in [-0.2, -0.15) is 0 Å². The lowest BCUT2D eigenvalue weighted by Crippen LogP contribution is -2.27. The summed E-state index contributed by atoms with van der Waals surface area (Å²) in [5.41, 5.74) is 1.26. The van der Waals surface area contributed by atoms with Crippen LogP contribution in [0, 0.1) is 10.1 Å². The van der Waals surface area contributed by atoms with Gasteiger partial charge in [0.1, 0.15) is 0 Å². The van der Waals surface area contributed by atoms with Gasteiger partial charge in [0.2, 0.25) is 0 Å². The third-order valence-electron chi connectivity index (χ3n) is 2.86. The first-order chi connectivity index (χ1) is 8.63. The van der Waals surface area contributed by atoms with Crippen LogP contribution in [0.1, 0.15) is 25.3 Å². The van der Waals surface area contributed by atoms with Crippen molar-refractivity contribution in [1.82, 2.24) is 5.32 Å². The Morgan fingerprint density at radius 2 is 2.11 bits per heavy atom. The quantitative estimate of drug-likeness (QED) is 0.437. The smallest absolute Gasteiger partial charge is 0.269 e. The van der Waals surface area contributed by atoms with E-state index in [1.165, 1.54) is 0 Å². The van der Waals surface area contributed by atoms with Gasteiger partial charge in [0.15, 0.2) is 0 Å². The van der Waals surface area contributed by atoms with Crippen molar-refractivity contribution in [2.45, 2.75) is 32.2 Å². The zero-order valence-electron chi connectivity index (χ0n) is 10.8. The highest BCUT2D eigenvalue weighted by atomic mass is 16.6. The predicted octanol–water partition coefficient (Wildman–Crippen LogP) is 3.08. The molecule has 4 heteroatoms. The summed E-state index contributed by atoms with van der Waals surface area (Å²) in [5.74, 6) is 0. The van der Waals surface area contributed by atoms with Crippen molar-refractivity contribution in [3.63, 3.8) is 0 Å². The van der Waals surface area contributed by atoms with Gasteiger partial charge < -0.3 is 5.32 Å². The molecule has 1 atom stereocenters. The maximum atomic E-state index is 10.5. The minimum Gasteiger partial charge on any atom is -0.314 e. The molecular formula is C14H20N2O2. The standard InChI is InChI=1S/C14H20N2O2/c1-3-4-5-12(2)15-11-10-13-6-8-14(9-7-13)16(17)18/h3,6-9,12,15H,1,4-5,10-11H2,2H3. The van der Waals surface area contributed by atoms with Gasteiger partial charge in [-0.1, -0.05) is 18.2 Å². The summed E-state index contributed by atoms with van der Waals surface area (Å²) in [7, 11) is 0. The van der Waals surface area contributed by atoms with Crippen molar-refractivity contribution in [2.75, 3.05) is 6.54 Å². The lowest BCUT2D eigenvalue weighted by molar-refractivity contribution is -0.384. The summed E-state index contributed by atoms with van der Waals surface area (Å²) < 4.78 is 0. The second-order valence-corrected chi connectivity index (χ2v) is 4.39. The van der Waals surface area contributed by atoms with Crippen LogP contribution in [0.15, 0.2) is 36.9 Å². The summed E-state index contributed by atoms with van der Waals surface area (Å²) in [6, 6.07) is 7.20. The molecule has 0 radical (unpaired) electrons. The number of non-ortho nitro benzene ring substituents is 1. The second-order valence-electron chi connectivity index (χ2n) is 4.39. The Kier molecular flexibility index (Phi) is 6.08. The number of hydrogen-bond donors (Lipinski definition) is 1. The maximum absolute atomic E-state index is 10.5. The van der Waals surface area contributed by atoms with Gasteiger partial charge in [-0.05, 0) is 38.3 Å². The van der Waals surface area contributed by atoms with Crippen molar-refractivity contribution in [3.8, 4) is 0 Å². The van der Waals surface area contributed by atoms with Crippen molar-refractivity contribution < 1.29 is 4.92 Å². The van der Waals surface area contributed by atoms with Gasteiger partial charge >= 0.3 is 0 Å². The zero-order chi connectivity index (χ0) is 13.4. The number of rotatable bonds is 8. The number of nitro benzene ring substituents is 1. The third kappa shape index (κ3) is 5.10. The average molecular weight is 248 g/mol. The molecule has 0 aromatic heterocycles. The maximum Gasteiger partial charge on any atom is 0.269 e. The van der Waals surface area contributed by atoms with Crippen LogP contribution in [-0.2, 0) is 6.42 Å². The number of nitro groups is 1. The molecule has 98 valence electrons. The highest BCUT2D eigenvalue weighted by molar-refractivity contribution is 5.32. The summed E-state index contributed by atoms with van der Waals surface area (Å²) >= 11 is 0. The molecule has 1 N–H and O–H groups in total. The lowest BCUT2D eigenvalue weighted by Gasteiger charge is -2.12. The second kappa shape index (κ2) is 7.61. The summed E-state index contributed by atoms with van der Waals surface area (Å²) in [6.07, 6.45) is 4.92. The molecule has 0 spiro atoms. The summed E-state index contributed by atoms with van der Waals surface area (Å²) in [6.45, 7) is 6.74. The van der Waals surface area contributed by atoms with Crippen molar-refractivity contribution in [3.05, 3.63) is 52.6 Å². The number of benzene rings is 1. The highest BCUT2D eigenvalue weighted by Crippen LogP contribution is 2.12. The zero-order valence-corrected chi connectivity index (χ0v) is 10.8. The van der Waals surface area contributed by atoms with E-state index in [0.29, 0.717) is 6.04 Å². The molecule has 1 rings (SSSR count). The van der Waals surface area contributed by atoms with Crippen LogP contribution >= 0.6 is 0 Å². The molecule has 0 amide bonds. The van der Waals surface area contributed by atoms with Crippen LogP contribution in [0.5, 0.6) is 0 Å². The van der Waals surface area contributed by atoms with E-state index in [4.69, 9.17) is 0 Å². The molecule has 0 saturated carbocycles. The van der Waals surface area contributed by atoms with Gasteiger partial charge in [-0.15, -0.1) is 6.58 Å². The Morgan fingerprint density at radius 3 is 2.67 bits per heavy atom. The largest absolute Gasteiger partial charge is 0.314 e. The van der Waals surface area contributed by atoms with E-state index in [0.717, 1.165) is 31.4 Å². The van der Waals surface area contributed by atoms with Gasteiger partial charge in [-0.25, -0.2) is 0 Å². The minimum atomic E-state index is -0.376. The average Bonchev–Trinajstić information content (AvgIpc) is 2.37. The molecule has 0 fully saturated rings. The molecule has 1 unspecified atom stereocenters. The molecule has 18 heavy (non-hydrogen) atoms. The van der Waals surface area contributed by atoms with Gasteiger partial charge in [0.05, 0.1) is 4.92 Å². The van der Waals surface area contributed by atoms with E-state index in [-0.39, 0.29) is 10.6 Å². The van der Waals surface area contributed by atoms with E-state index in [9.17, 15) is 10.1 Å². The third-order valence-corrected chi connectivity index (χ3v) is 2.86. The summed E-state index contributed by atoms with van der Waals surface area (Å²) in [4.78, 5) is 10.1. The van der Waals surface area contributed by atoms with Crippen LogP contribution in [-0.4, -0.2) is 17.5 Å². The van der Waals surface area contributed by atoms with E-state index in [2.05, 4.69) is 18.8 Å². The van der Waals surface area contributed by atoms with E-state index in [1.807, 2.05) is 18.2 Å². The molecular weight excluding hydrogens is 228 g/mol. The van der Waals surface area contributed by atoms with Gasteiger partial charge in [-0.3, -0.25) is 10.1 Å². The molecule has 0 aliphatic carbocycles. The van der Waals surface area contributed by atoms with Gasteiger partial charge in [0, 0.05) is 18.2 Å². The Labute approximate surface area is 108 Å². The SMILES string of the molecule is C=CCCC(C)NCCc1ccc([N+](=O)[O-])cc1. The predicted molar refractivity (Wildman–Crippen MR) is 73.7 cm³/mol. The molecule has 1 aromatic rings. The molecule has 0 aliphatic rings. The number of nitrogens with one attached hydrogen (secondary N) is 1. The number of hydrogen-bond acceptors (Lipinski definition) is 3. The van der Waals surface area contributed by atoms with Crippen LogP contribution < -0.4 is 5.32 Å². The molecule has 0 saturated heterocycles. The normalized spacial score (nSPS) is 12.1. The number of nitrogens with zero attached hydrogens (tertiary/aromatic N) is 1. The van der Waals surface area contributed by atoms with Crippen molar-refractivity contribution in [2.24, 2.45) is 0 Å². The first-order valence-electron chi connectivity index (χ1n) is 6.21. The van der Waals surface area contributed by atoms with E-state index < -0.39 is 0 Å². The van der Waals surface area contributed by atoms with Crippen LogP contribution in [0.25, 0.3) is 0 Å². The highest BCUT2D eigenvalue weighted by Gasteiger charge is 2.04. The molecule has 0 heterocycles. The fourth-order valence-corrected chi connectivity index (χ4v) is 1.72. The summed E-state index contributed by atoms with van der Waals surface area (Å²) in [5, 5.41) is 13.9. The first-order valence-corrected chi connectivity index (χ1v) is 6.21. The first kappa shape index (κ1) is 14.4. The lowest BCUT2D eigenvalue weighted by atomic mass is 10.1. The molecule has 0 bridgehead atoms. The molecule has 1 aromatic carbocycles. The van der Waals surface area contributed by atoms with Crippen LogP contribution in [0.2, 0.25) is 0 Å². The molecule has 4 nitrogen and oxygen atoms in total. The fraction of sp³-hybridized carbons (Fsp3) is 0.429. The Morgan fingerprint density at radius 1 is 1.44 bits per heavy atom. The minimum absolute atomic E-state index is 0.145. The topological polar surface area (TPSA) is 55.2 Å². The van der Waals surface area contributed by atoms with Crippen molar-refractivity contribution >= 4 is 5.69 Å². The number of allylic oxidation sites excluding steroid dienone is 1. The van der Waals surface area contributed by atoms with E-state index in [1.54, 1.807) is 12.1 Å². The van der Waals surface area contributed by atoms with Gasteiger partial charge in [0.25, 0.3) is 5.69 Å².